The van der Waals surface area contributed by atoms with Gasteiger partial charge in [-0.05, 0) is 25.8 Å². The molecule has 0 aliphatic carbocycles. The van der Waals surface area contributed by atoms with Crippen LogP contribution in [-0.2, 0) is 14.8 Å². The molecule has 1 aliphatic heterocycles. The third kappa shape index (κ3) is 5.32. The van der Waals surface area contributed by atoms with Gasteiger partial charge in [0, 0.05) is 19.1 Å². The fourth-order valence-electron chi connectivity index (χ4n) is 2.12. The van der Waals surface area contributed by atoms with Crippen molar-refractivity contribution in [3.8, 4) is 0 Å². The summed E-state index contributed by atoms with van der Waals surface area (Å²) < 4.78 is 24.7. The van der Waals surface area contributed by atoms with Crippen LogP contribution in [0, 0.1) is 0 Å². The quantitative estimate of drug-likeness (QED) is 0.688. The molecule has 0 spiro atoms. The van der Waals surface area contributed by atoms with Crippen LogP contribution in [0.2, 0.25) is 0 Å². The van der Waals surface area contributed by atoms with Crippen molar-refractivity contribution < 1.29 is 13.2 Å². The van der Waals surface area contributed by atoms with E-state index in [1.807, 2.05) is 6.92 Å². The Morgan fingerprint density at radius 2 is 2.11 bits per heavy atom. The molecule has 106 valence electrons. The lowest BCUT2D eigenvalue weighted by Gasteiger charge is -2.35. The van der Waals surface area contributed by atoms with Crippen LogP contribution in [0.15, 0.2) is 0 Å². The van der Waals surface area contributed by atoms with Gasteiger partial charge in [0.2, 0.25) is 15.9 Å². The normalized spacial score (nSPS) is 21.0. The molecule has 0 radical (unpaired) electrons. The molecule has 0 aromatic rings. The summed E-state index contributed by atoms with van der Waals surface area (Å²) in [4.78, 5) is 13.8. The zero-order chi connectivity index (χ0) is 13.6. The predicted octanol–water partition coefficient (Wildman–Crippen LogP) is -0.474. The second kappa shape index (κ2) is 7.06. The van der Waals surface area contributed by atoms with Crippen molar-refractivity contribution in [1.82, 2.24) is 14.9 Å². The SMILES string of the molecule is CCNCC(=O)N1CCCCC1CNS(C)(=O)=O. The fourth-order valence-corrected chi connectivity index (χ4v) is 2.62. The van der Waals surface area contributed by atoms with Crippen molar-refractivity contribution >= 4 is 15.9 Å². The van der Waals surface area contributed by atoms with Crippen molar-refractivity contribution in [2.75, 3.05) is 32.4 Å². The lowest BCUT2D eigenvalue weighted by Crippen LogP contribution is -2.51. The number of sulfonamides is 1. The summed E-state index contributed by atoms with van der Waals surface area (Å²) in [6, 6.07) is -0.0142. The molecule has 7 heteroatoms. The van der Waals surface area contributed by atoms with Crippen LogP contribution in [0.3, 0.4) is 0 Å². The smallest absolute Gasteiger partial charge is 0.236 e. The van der Waals surface area contributed by atoms with E-state index in [1.54, 1.807) is 4.90 Å². The zero-order valence-electron chi connectivity index (χ0n) is 11.1. The molecular weight excluding hydrogens is 254 g/mol. The molecule has 0 aromatic heterocycles. The number of amides is 1. The number of likely N-dealkylation sites (N-methyl/N-ethyl adjacent to an activating group) is 1. The van der Waals surface area contributed by atoms with Gasteiger partial charge < -0.3 is 10.2 Å². The van der Waals surface area contributed by atoms with Crippen LogP contribution in [-0.4, -0.2) is 57.7 Å². The van der Waals surface area contributed by atoms with Gasteiger partial charge in [0.15, 0.2) is 0 Å². The van der Waals surface area contributed by atoms with Gasteiger partial charge in [-0.25, -0.2) is 13.1 Å². The largest absolute Gasteiger partial charge is 0.337 e. The molecule has 0 bridgehead atoms. The van der Waals surface area contributed by atoms with Gasteiger partial charge in [0.05, 0.1) is 12.8 Å². The highest BCUT2D eigenvalue weighted by Crippen LogP contribution is 2.16. The molecule has 1 atom stereocenters. The Kier molecular flexibility index (Phi) is 6.04. The summed E-state index contributed by atoms with van der Waals surface area (Å²) in [6.07, 6.45) is 4.04. The second-order valence-corrected chi connectivity index (χ2v) is 6.47. The Morgan fingerprint density at radius 1 is 1.39 bits per heavy atom. The maximum Gasteiger partial charge on any atom is 0.236 e. The molecule has 18 heavy (non-hydrogen) atoms. The summed E-state index contributed by atoms with van der Waals surface area (Å²) in [5, 5.41) is 3.01. The van der Waals surface area contributed by atoms with Crippen molar-refractivity contribution in [3.63, 3.8) is 0 Å². The van der Waals surface area contributed by atoms with Crippen LogP contribution in [0.5, 0.6) is 0 Å². The van der Waals surface area contributed by atoms with Gasteiger partial charge in [-0.2, -0.15) is 0 Å². The first kappa shape index (κ1) is 15.4. The van der Waals surface area contributed by atoms with E-state index in [2.05, 4.69) is 10.0 Å². The van der Waals surface area contributed by atoms with E-state index in [-0.39, 0.29) is 11.9 Å². The second-order valence-electron chi connectivity index (χ2n) is 4.64. The first-order valence-electron chi connectivity index (χ1n) is 6.39. The van der Waals surface area contributed by atoms with Gasteiger partial charge in [-0.3, -0.25) is 4.79 Å². The van der Waals surface area contributed by atoms with Gasteiger partial charge in [0.25, 0.3) is 0 Å². The number of likely N-dealkylation sites (tertiary alicyclic amines) is 1. The summed E-state index contributed by atoms with van der Waals surface area (Å²) in [6.45, 7) is 4.07. The Bertz CT molecular complexity index is 370. The van der Waals surface area contributed by atoms with Gasteiger partial charge in [0.1, 0.15) is 0 Å². The van der Waals surface area contributed by atoms with Crippen LogP contribution in [0.25, 0.3) is 0 Å². The highest BCUT2D eigenvalue weighted by Gasteiger charge is 2.26. The minimum Gasteiger partial charge on any atom is -0.337 e. The van der Waals surface area contributed by atoms with Crippen LogP contribution in [0.4, 0.5) is 0 Å². The van der Waals surface area contributed by atoms with Crippen molar-refractivity contribution in [3.05, 3.63) is 0 Å². The standard InChI is InChI=1S/C11H23N3O3S/c1-3-12-9-11(15)14-7-5-4-6-10(14)8-13-18(2,16)17/h10,12-13H,3-9H2,1-2H3. The van der Waals surface area contributed by atoms with E-state index in [4.69, 9.17) is 0 Å². The highest BCUT2D eigenvalue weighted by atomic mass is 32.2. The van der Waals surface area contributed by atoms with E-state index in [9.17, 15) is 13.2 Å². The van der Waals surface area contributed by atoms with Gasteiger partial charge in [-0.1, -0.05) is 6.92 Å². The summed E-state index contributed by atoms with van der Waals surface area (Å²) in [5.41, 5.74) is 0. The van der Waals surface area contributed by atoms with Gasteiger partial charge >= 0.3 is 0 Å². The number of piperidine rings is 1. The zero-order valence-corrected chi connectivity index (χ0v) is 11.9. The number of carbonyl (C=O) groups is 1. The van der Waals surface area contributed by atoms with E-state index in [0.717, 1.165) is 38.6 Å². The maximum atomic E-state index is 12.0. The number of rotatable bonds is 6. The first-order valence-corrected chi connectivity index (χ1v) is 8.28. The molecule has 6 nitrogen and oxygen atoms in total. The lowest BCUT2D eigenvalue weighted by atomic mass is 10.0. The van der Waals surface area contributed by atoms with E-state index < -0.39 is 10.0 Å². The minimum atomic E-state index is -3.19. The molecule has 1 saturated heterocycles. The number of hydrogen-bond donors (Lipinski definition) is 2. The molecule has 0 aromatic carbocycles. The third-order valence-electron chi connectivity index (χ3n) is 3.05. The number of carbonyl (C=O) groups excluding carboxylic acids is 1. The molecule has 1 heterocycles. The van der Waals surface area contributed by atoms with E-state index in [0.29, 0.717) is 13.1 Å². The monoisotopic (exact) mass is 277 g/mol. The Labute approximate surface area is 109 Å². The molecule has 2 N–H and O–H groups in total. The molecule has 0 saturated carbocycles. The van der Waals surface area contributed by atoms with Gasteiger partial charge in [-0.15, -0.1) is 0 Å². The molecule has 1 fully saturated rings. The lowest BCUT2D eigenvalue weighted by molar-refractivity contribution is -0.133. The molecular formula is C11H23N3O3S. The molecule has 1 rings (SSSR count). The third-order valence-corrected chi connectivity index (χ3v) is 3.75. The Balaban J connectivity index is 2.53. The van der Waals surface area contributed by atoms with E-state index in [1.165, 1.54) is 0 Å². The topological polar surface area (TPSA) is 78.5 Å². The molecule has 1 amide bonds. The average Bonchev–Trinajstić information content (AvgIpc) is 2.33. The molecule has 1 aliphatic rings. The number of hydrogen-bond acceptors (Lipinski definition) is 4. The van der Waals surface area contributed by atoms with Crippen molar-refractivity contribution in [2.24, 2.45) is 0 Å². The predicted molar refractivity (Wildman–Crippen MR) is 70.7 cm³/mol. The summed E-state index contributed by atoms with van der Waals surface area (Å²) in [7, 11) is -3.19. The van der Waals surface area contributed by atoms with Crippen LogP contribution < -0.4 is 10.0 Å². The average molecular weight is 277 g/mol. The Hall–Kier alpha value is -0.660. The van der Waals surface area contributed by atoms with Crippen molar-refractivity contribution in [1.29, 1.82) is 0 Å². The van der Waals surface area contributed by atoms with Crippen LogP contribution in [0.1, 0.15) is 26.2 Å². The number of nitrogens with one attached hydrogen (secondary N) is 2. The minimum absolute atomic E-state index is 0.0142. The highest BCUT2D eigenvalue weighted by molar-refractivity contribution is 7.88. The molecule has 1 unspecified atom stereocenters. The number of nitrogens with zero attached hydrogens (tertiary/aromatic N) is 1. The Morgan fingerprint density at radius 3 is 2.72 bits per heavy atom. The summed E-state index contributed by atoms with van der Waals surface area (Å²) >= 11 is 0. The maximum absolute atomic E-state index is 12.0. The fraction of sp³-hybridized carbons (Fsp3) is 0.909. The van der Waals surface area contributed by atoms with E-state index >= 15 is 0 Å². The van der Waals surface area contributed by atoms with Crippen molar-refractivity contribution in [2.45, 2.75) is 32.2 Å². The first-order chi connectivity index (χ1) is 8.44. The van der Waals surface area contributed by atoms with Crippen LogP contribution >= 0.6 is 0 Å². The summed E-state index contributed by atoms with van der Waals surface area (Å²) in [5.74, 6) is 0.0526.